The van der Waals surface area contributed by atoms with E-state index in [0.717, 1.165) is 6.07 Å². The van der Waals surface area contributed by atoms with Crippen LogP contribution in [0, 0.1) is 5.82 Å². The number of halogens is 1. The van der Waals surface area contributed by atoms with Crippen molar-refractivity contribution in [3.63, 3.8) is 0 Å². The summed E-state index contributed by atoms with van der Waals surface area (Å²) >= 11 is 0. The van der Waals surface area contributed by atoms with Crippen molar-refractivity contribution in [2.75, 3.05) is 31.2 Å². The Bertz CT molecular complexity index is 410. The average molecular weight is 241 g/mol. The van der Waals surface area contributed by atoms with Crippen molar-refractivity contribution in [3.8, 4) is 5.75 Å². The number of hydrogen-bond donors (Lipinski definition) is 3. The van der Waals surface area contributed by atoms with Crippen molar-refractivity contribution in [3.05, 3.63) is 17.9 Å². The highest BCUT2D eigenvalue weighted by atomic mass is 19.1. The van der Waals surface area contributed by atoms with Crippen molar-refractivity contribution in [1.82, 2.24) is 5.32 Å². The Balaban J connectivity index is 2.83. The lowest BCUT2D eigenvalue weighted by atomic mass is 10.2. The van der Waals surface area contributed by atoms with Crippen LogP contribution in [0.4, 0.5) is 15.8 Å². The lowest BCUT2D eigenvalue weighted by Gasteiger charge is -2.12. The van der Waals surface area contributed by atoms with Gasteiger partial charge in [-0.15, -0.1) is 0 Å². The molecule has 0 aliphatic carbocycles. The Morgan fingerprint density at radius 1 is 1.53 bits per heavy atom. The first-order valence-corrected chi connectivity index (χ1v) is 5.24. The van der Waals surface area contributed by atoms with Gasteiger partial charge in [-0.05, 0) is 6.92 Å². The quantitative estimate of drug-likeness (QED) is 0.671. The average Bonchev–Trinajstić information content (AvgIpc) is 2.30. The molecule has 17 heavy (non-hydrogen) atoms. The largest absolute Gasteiger partial charge is 0.491 e. The molecule has 5 nitrogen and oxygen atoms in total. The molecular weight excluding hydrogens is 225 g/mol. The second kappa shape index (κ2) is 5.93. The van der Waals surface area contributed by atoms with Gasteiger partial charge in [-0.3, -0.25) is 4.79 Å². The summed E-state index contributed by atoms with van der Waals surface area (Å²) in [6.07, 6.45) is 0. The van der Waals surface area contributed by atoms with Gasteiger partial charge in [0.15, 0.2) is 11.6 Å². The summed E-state index contributed by atoms with van der Waals surface area (Å²) in [7, 11) is 1.53. The monoisotopic (exact) mass is 241 g/mol. The molecule has 0 saturated heterocycles. The van der Waals surface area contributed by atoms with Gasteiger partial charge in [-0.2, -0.15) is 0 Å². The molecule has 6 heteroatoms. The minimum atomic E-state index is -0.519. The van der Waals surface area contributed by atoms with Gasteiger partial charge in [0.25, 0.3) is 0 Å². The second-order valence-electron chi connectivity index (χ2n) is 3.33. The highest BCUT2D eigenvalue weighted by Gasteiger charge is 2.09. The van der Waals surface area contributed by atoms with E-state index >= 15 is 0 Å². The number of nitrogens with one attached hydrogen (secondary N) is 2. The second-order valence-corrected chi connectivity index (χ2v) is 3.33. The maximum absolute atomic E-state index is 13.4. The fourth-order valence-corrected chi connectivity index (χ4v) is 1.25. The van der Waals surface area contributed by atoms with E-state index in [0.29, 0.717) is 12.3 Å². The first-order valence-electron chi connectivity index (χ1n) is 5.24. The van der Waals surface area contributed by atoms with Crippen LogP contribution in [0.1, 0.15) is 6.92 Å². The summed E-state index contributed by atoms with van der Waals surface area (Å²) in [6, 6.07) is 2.61. The fraction of sp³-hybridized carbons (Fsp3) is 0.364. The molecule has 0 aliphatic rings. The van der Waals surface area contributed by atoms with E-state index in [1.54, 1.807) is 6.92 Å². The smallest absolute Gasteiger partial charge is 0.239 e. The molecule has 1 rings (SSSR count). The molecule has 0 bridgehead atoms. The highest BCUT2D eigenvalue weighted by molar-refractivity contribution is 5.82. The molecule has 0 unspecified atom stereocenters. The van der Waals surface area contributed by atoms with Gasteiger partial charge < -0.3 is 21.1 Å². The van der Waals surface area contributed by atoms with Crippen LogP contribution in [-0.2, 0) is 4.79 Å². The maximum atomic E-state index is 13.4. The molecule has 0 radical (unpaired) electrons. The number of ether oxygens (including phenoxy) is 1. The van der Waals surface area contributed by atoms with Gasteiger partial charge in [-0.25, -0.2) is 4.39 Å². The number of benzene rings is 1. The molecular formula is C11H16FN3O2. The standard InChI is InChI=1S/C11H16FN3O2/c1-3-17-10-5-9(8(13)4-7(10)12)15-6-11(16)14-2/h4-5,15H,3,6,13H2,1-2H3,(H,14,16). The molecule has 0 saturated carbocycles. The number of carbonyl (C=O) groups excluding carboxylic acids is 1. The third-order valence-corrected chi connectivity index (χ3v) is 2.12. The number of rotatable bonds is 5. The number of carbonyl (C=O) groups is 1. The van der Waals surface area contributed by atoms with Crippen molar-refractivity contribution in [1.29, 1.82) is 0 Å². The Morgan fingerprint density at radius 3 is 2.82 bits per heavy atom. The van der Waals surface area contributed by atoms with Crippen molar-refractivity contribution in [2.45, 2.75) is 6.92 Å². The number of amides is 1. The van der Waals surface area contributed by atoms with Crippen LogP contribution in [0.5, 0.6) is 5.75 Å². The molecule has 0 heterocycles. The third-order valence-electron chi connectivity index (χ3n) is 2.12. The predicted molar refractivity (Wildman–Crippen MR) is 64.5 cm³/mol. The summed E-state index contributed by atoms with van der Waals surface area (Å²) in [4.78, 5) is 11.1. The van der Waals surface area contributed by atoms with Crippen LogP contribution in [-0.4, -0.2) is 26.1 Å². The molecule has 0 fully saturated rings. The van der Waals surface area contributed by atoms with E-state index in [2.05, 4.69) is 10.6 Å². The molecule has 0 atom stereocenters. The zero-order valence-corrected chi connectivity index (χ0v) is 9.84. The number of anilines is 2. The van der Waals surface area contributed by atoms with E-state index in [1.165, 1.54) is 13.1 Å². The van der Waals surface area contributed by atoms with Crippen molar-refractivity contribution in [2.24, 2.45) is 0 Å². The van der Waals surface area contributed by atoms with E-state index in [9.17, 15) is 9.18 Å². The molecule has 0 spiro atoms. The Kier molecular flexibility index (Phi) is 4.56. The first kappa shape index (κ1) is 13.1. The minimum Gasteiger partial charge on any atom is -0.491 e. The molecule has 0 aromatic heterocycles. The van der Waals surface area contributed by atoms with E-state index < -0.39 is 5.82 Å². The van der Waals surface area contributed by atoms with Gasteiger partial charge in [0.2, 0.25) is 5.91 Å². The summed E-state index contributed by atoms with van der Waals surface area (Å²) in [6.45, 7) is 2.18. The van der Waals surface area contributed by atoms with E-state index in [-0.39, 0.29) is 23.9 Å². The van der Waals surface area contributed by atoms with Crippen molar-refractivity contribution >= 4 is 17.3 Å². The van der Waals surface area contributed by atoms with Crippen LogP contribution < -0.4 is 21.1 Å². The number of nitrogens with two attached hydrogens (primary N) is 1. The van der Waals surface area contributed by atoms with Crippen LogP contribution in [0.3, 0.4) is 0 Å². The topological polar surface area (TPSA) is 76.4 Å². The number of likely N-dealkylation sites (N-methyl/N-ethyl adjacent to an activating group) is 1. The zero-order valence-electron chi connectivity index (χ0n) is 9.84. The Morgan fingerprint density at radius 2 is 2.24 bits per heavy atom. The van der Waals surface area contributed by atoms with Gasteiger partial charge in [-0.1, -0.05) is 0 Å². The summed E-state index contributed by atoms with van der Waals surface area (Å²) in [5, 5.41) is 5.26. The summed E-state index contributed by atoms with van der Waals surface area (Å²) in [5.41, 5.74) is 6.33. The Labute approximate surface area is 99.1 Å². The molecule has 1 aromatic rings. The number of nitrogen functional groups attached to an aromatic ring is 1. The highest BCUT2D eigenvalue weighted by Crippen LogP contribution is 2.27. The Hall–Kier alpha value is -1.98. The molecule has 1 aromatic carbocycles. The van der Waals surface area contributed by atoms with E-state index in [4.69, 9.17) is 10.5 Å². The predicted octanol–water partition coefficient (Wildman–Crippen LogP) is 0.964. The zero-order chi connectivity index (χ0) is 12.8. The summed E-state index contributed by atoms with van der Waals surface area (Å²) in [5.74, 6) is -0.595. The molecule has 1 amide bonds. The third kappa shape index (κ3) is 3.51. The van der Waals surface area contributed by atoms with Crippen LogP contribution >= 0.6 is 0 Å². The lowest BCUT2D eigenvalue weighted by Crippen LogP contribution is -2.26. The minimum absolute atomic E-state index is 0.0674. The maximum Gasteiger partial charge on any atom is 0.239 e. The summed E-state index contributed by atoms with van der Waals surface area (Å²) < 4.78 is 18.5. The fourth-order valence-electron chi connectivity index (χ4n) is 1.25. The molecule has 4 N–H and O–H groups in total. The van der Waals surface area contributed by atoms with E-state index in [1.807, 2.05) is 0 Å². The SMILES string of the molecule is CCOc1cc(NCC(=O)NC)c(N)cc1F. The number of hydrogen-bond acceptors (Lipinski definition) is 4. The normalized spacial score (nSPS) is 9.82. The van der Waals surface area contributed by atoms with Crippen molar-refractivity contribution < 1.29 is 13.9 Å². The van der Waals surface area contributed by atoms with Crippen LogP contribution in [0.15, 0.2) is 12.1 Å². The van der Waals surface area contributed by atoms with Gasteiger partial charge in [0.05, 0.1) is 24.5 Å². The van der Waals surface area contributed by atoms with Crippen LogP contribution in [0.25, 0.3) is 0 Å². The lowest BCUT2D eigenvalue weighted by molar-refractivity contribution is -0.118. The van der Waals surface area contributed by atoms with Gasteiger partial charge in [0.1, 0.15) is 0 Å². The van der Waals surface area contributed by atoms with Gasteiger partial charge >= 0.3 is 0 Å². The molecule has 94 valence electrons. The molecule has 0 aliphatic heterocycles. The first-order chi connectivity index (χ1) is 8.08. The van der Waals surface area contributed by atoms with Crippen LogP contribution in [0.2, 0.25) is 0 Å². The van der Waals surface area contributed by atoms with Gasteiger partial charge in [0, 0.05) is 19.2 Å².